The number of carbonyl (C=O) groups excluding carboxylic acids is 1. The molecule has 0 amide bonds. The fourth-order valence-corrected chi connectivity index (χ4v) is 2.82. The van der Waals surface area contributed by atoms with Crippen molar-refractivity contribution in [2.24, 2.45) is 10.7 Å². The summed E-state index contributed by atoms with van der Waals surface area (Å²) in [5.41, 5.74) is 7.04. The molecule has 1 aliphatic heterocycles. The van der Waals surface area contributed by atoms with Gasteiger partial charge >= 0.3 is 5.97 Å². The molecular formula is C17H17BrF2N2O3. The van der Waals surface area contributed by atoms with E-state index in [2.05, 4.69) is 20.9 Å². The summed E-state index contributed by atoms with van der Waals surface area (Å²) < 4.78 is 38.2. The minimum atomic E-state index is -1.03. The smallest absolute Gasteiger partial charge is 0.337 e. The maximum Gasteiger partial charge on any atom is 0.337 e. The molecule has 0 spiro atoms. The van der Waals surface area contributed by atoms with Crippen molar-refractivity contribution in [2.45, 2.75) is 19.8 Å². The van der Waals surface area contributed by atoms with Gasteiger partial charge in [0.05, 0.1) is 30.0 Å². The number of aliphatic imine (C=N–C) groups is 1. The van der Waals surface area contributed by atoms with E-state index in [4.69, 9.17) is 15.2 Å². The highest BCUT2D eigenvalue weighted by Crippen LogP contribution is 2.32. The Morgan fingerprint density at radius 2 is 1.92 bits per heavy atom. The molecule has 0 radical (unpaired) electrons. The van der Waals surface area contributed by atoms with Gasteiger partial charge in [-0.15, -0.1) is 0 Å². The van der Waals surface area contributed by atoms with E-state index in [0.717, 1.165) is 0 Å². The number of nitrogens with zero attached hydrogens (tertiary/aromatic N) is 1. The zero-order valence-corrected chi connectivity index (χ0v) is 15.5. The number of carbonyl (C=O) groups is 1. The van der Waals surface area contributed by atoms with Gasteiger partial charge in [0, 0.05) is 5.56 Å². The van der Waals surface area contributed by atoms with Crippen molar-refractivity contribution < 1.29 is 23.0 Å². The molecule has 0 fully saturated rings. The molecule has 2 rings (SSSR count). The van der Waals surface area contributed by atoms with Crippen LogP contribution in [-0.4, -0.2) is 26.0 Å². The maximum absolute atomic E-state index is 14.4. The highest BCUT2D eigenvalue weighted by molar-refractivity contribution is 9.10. The predicted octanol–water partition coefficient (Wildman–Crippen LogP) is 3.68. The molecule has 0 atom stereocenters. The Labute approximate surface area is 152 Å². The first-order valence-corrected chi connectivity index (χ1v) is 8.14. The Hall–Kier alpha value is -2.22. The van der Waals surface area contributed by atoms with Gasteiger partial charge in [0.2, 0.25) is 0 Å². The summed E-state index contributed by atoms with van der Waals surface area (Å²) in [5.74, 6) is -2.66. The van der Waals surface area contributed by atoms with Crippen LogP contribution in [0, 0.1) is 11.6 Å². The quantitative estimate of drug-likeness (QED) is 0.604. The third-order valence-electron chi connectivity index (χ3n) is 3.82. The van der Waals surface area contributed by atoms with E-state index in [9.17, 15) is 13.6 Å². The SMILES string of the molecule is COC(=O)C1=C(OC)C(N)=NC(c2ccc(Br)c(F)c2F)=C(C)CC1. The van der Waals surface area contributed by atoms with Crippen molar-refractivity contribution in [2.75, 3.05) is 14.2 Å². The Kier molecular flexibility index (Phi) is 5.94. The van der Waals surface area contributed by atoms with Crippen molar-refractivity contribution in [1.82, 2.24) is 0 Å². The lowest BCUT2D eigenvalue weighted by atomic mass is 9.98. The Balaban J connectivity index is 2.64. The van der Waals surface area contributed by atoms with E-state index < -0.39 is 17.6 Å². The van der Waals surface area contributed by atoms with E-state index in [0.29, 0.717) is 12.0 Å². The largest absolute Gasteiger partial charge is 0.492 e. The van der Waals surface area contributed by atoms with Gasteiger partial charge in [-0.3, -0.25) is 0 Å². The number of esters is 1. The number of allylic oxidation sites excluding steroid dienone is 1. The second kappa shape index (κ2) is 7.77. The van der Waals surface area contributed by atoms with Crippen LogP contribution in [0.1, 0.15) is 25.3 Å². The maximum atomic E-state index is 14.4. The number of rotatable bonds is 3. The molecule has 0 aromatic heterocycles. The van der Waals surface area contributed by atoms with Crippen LogP contribution in [0.3, 0.4) is 0 Å². The number of nitrogens with two attached hydrogens (primary N) is 1. The zero-order chi connectivity index (χ0) is 18.7. The van der Waals surface area contributed by atoms with E-state index >= 15 is 0 Å². The van der Waals surface area contributed by atoms with Gasteiger partial charge in [0.1, 0.15) is 0 Å². The Morgan fingerprint density at radius 1 is 1.24 bits per heavy atom. The summed E-state index contributed by atoms with van der Waals surface area (Å²) >= 11 is 2.94. The fourth-order valence-electron chi connectivity index (χ4n) is 2.51. The minimum Gasteiger partial charge on any atom is -0.492 e. The number of methoxy groups -OCH3 is 2. The molecule has 1 aromatic carbocycles. The number of halogens is 3. The first kappa shape index (κ1) is 19.1. The summed E-state index contributed by atoms with van der Waals surface area (Å²) in [6, 6.07) is 2.81. The van der Waals surface area contributed by atoms with E-state index in [-0.39, 0.29) is 39.3 Å². The third-order valence-corrected chi connectivity index (χ3v) is 4.43. The molecule has 0 unspecified atom stereocenters. The summed E-state index contributed by atoms with van der Waals surface area (Å²) in [7, 11) is 2.60. The summed E-state index contributed by atoms with van der Waals surface area (Å²) in [6.07, 6.45) is 0.641. The Morgan fingerprint density at radius 3 is 2.52 bits per heavy atom. The van der Waals surface area contributed by atoms with Crippen molar-refractivity contribution in [3.05, 3.63) is 50.7 Å². The molecule has 25 heavy (non-hydrogen) atoms. The molecule has 8 heteroatoms. The van der Waals surface area contributed by atoms with Gasteiger partial charge in [0.15, 0.2) is 23.2 Å². The molecule has 0 saturated carbocycles. The highest BCUT2D eigenvalue weighted by Gasteiger charge is 2.25. The molecule has 0 aliphatic carbocycles. The van der Waals surface area contributed by atoms with E-state index in [1.54, 1.807) is 6.92 Å². The number of hydrogen-bond donors (Lipinski definition) is 1. The van der Waals surface area contributed by atoms with Crippen molar-refractivity contribution in [3.8, 4) is 0 Å². The lowest BCUT2D eigenvalue weighted by molar-refractivity contribution is -0.136. The van der Waals surface area contributed by atoms with Crippen LogP contribution in [0.25, 0.3) is 5.70 Å². The zero-order valence-electron chi connectivity index (χ0n) is 14.0. The van der Waals surface area contributed by atoms with Crippen LogP contribution in [0.5, 0.6) is 0 Å². The van der Waals surface area contributed by atoms with Crippen molar-refractivity contribution in [1.29, 1.82) is 0 Å². The summed E-state index contributed by atoms with van der Waals surface area (Å²) in [5, 5.41) is 0. The van der Waals surface area contributed by atoms with Gasteiger partial charge < -0.3 is 15.2 Å². The molecule has 0 bridgehead atoms. The van der Waals surface area contributed by atoms with Crippen molar-refractivity contribution >= 4 is 33.4 Å². The van der Waals surface area contributed by atoms with Crippen LogP contribution >= 0.6 is 15.9 Å². The van der Waals surface area contributed by atoms with Crippen molar-refractivity contribution in [3.63, 3.8) is 0 Å². The number of hydrogen-bond acceptors (Lipinski definition) is 5. The fraction of sp³-hybridized carbons (Fsp3) is 0.294. The summed E-state index contributed by atoms with van der Waals surface area (Å²) in [4.78, 5) is 16.1. The first-order valence-electron chi connectivity index (χ1n) is 7.35. The van der Waals surface area contributed by atoms with Crippen LogP contribution in [0.15, 0.2) is 38.5 Å². The second-order valence-corrected chi connectivity index (χ2v) is 6.21. The monoisotopic (exact) mass is 414 g/mol. The molecule has 2 N–H and O–H groups in total. The van der Waals surface area contributed by atoms with Gasteiger partial charge in [0.25, 0.3) is 0 Å². The van der Waals surface area contributed by atoms with Crippen LogP contribution in [0.2, 0.25) is 0 Å². The summed E-state index contributed by atoms with van der Waals surface area (Å²) in [6.45, 7) is 1.72. The molecule has 1 aromatic rings. The molecule has 134 valence electrons. The molecule has 5 nitrogen and oxygen atoms in total. The topological polar surface area (TPSA) is 73.9 Å². The number of amidine groups is 1. The predicted molar refractivity (Wildman–Crippen MR) is 93.6 cm³/mol. The molecule has 0 saturated heterocycles. The standard InChI is InChI=1S/C17H17BrF2N2O3/c1-8-4-5-10(17(23)25-3)15(24-2)16(21)22-14(8)9-6-7-11(18)13(20)12(9)19/h6-7H,4-5H2,1-3H3,(H2,21,22). The third kappa shape index (κ3) is 3.73. The lowest BCUT2D eigenvalue weighted by Crippen LogP contribution is -2.23. The van der Waals surface area contributed by atoms with E-state index in [1.165, 1.54) is 26.4 Å². The average molecular weight is 415 g/mol. The van der Waals surface area contributed by atoms with Gasteiger partial charge in [-0.05, 0) is 53.4 Å². The normalized spacial score (nSPS) is 15.5. The van der Waals surface area contributed by atoms with Crippen LogP contribution in [-0.2, 0) is 14.3 Å². The Bertz CT molecular complexity index is 816. The molecule has 1 aliphatic rings. The minimum absolute atomic E-state index is 0.0141. The van der Waals surface area contributed by atoms with Gasteiger partial charge in [-0.25, -0.2) is 18.6 Å². The average Bonchev–Trinajstić information content (AvgIpc) is 2.59. The van der Waals surface area contributed by atoms with Crippen LogP contribution < -0.4 is 5.73 Å². The second-order valence-electron chi connectivity index (χ2n) is 5.35. The highest BCUT2D eigenvalue weighted by atomic mass is 79.9. The molecule has 1 heterocycles. The first-order chi connectivity index (χ1) is 11.8. The molecular weight excluding hydrogens is 398 g/mol. The van der Waals surface area contributed by atoms with E-state index in [1.807, 2.05) is 0 Å². The number of benzene rings is 1. The number of ether oxygens (including phenoxy) is 2. The lowest BCUT2D eigenvalue weighted by Gasteiger charge is -2.18. The van der Waals surface area contributed by atoms with Gasteiger partial charge in [-0.1, -0.05) is 0 Å². The van der Waals surface area contributed by atoms with Gasteiger partial charge in [-0.2, -0.15) is 0 Å². The van der Waals surface area contributed by atoms with Crippen LogP contribution in [0.4, 0.5) is 8.78 Å².